The van der Waals surface area contributed by atoms with Crippen molar-refractivity contribution in [3.05, 3.63) is 59.0 Å². The molecule has 0 amide bonds. The summed E-state index contributed by atoms with van der Waals surface area (Å²) < 4.78 is 5.31. The van der Waals surface area contributed by atoms with Crippen molar-refractivity contribution in [2.45, 2.75) is 26.4 Å². The van der Waals surface area contributed by atoms with E-state index in [0.29, 0.717) is 12.3 Å². The predicted molar refractivity (Wildman–Crippen MR) is 69.9 cm³/mol. The van der Waals surface area contributed by atoms with Gasteiger partial charge in [-0.25, -0.2) is 0 Å². The van der Waals surface area contributed by atoms with Crippen LogP contribution in [0.2, 0.25) is 0 Å². The van der Waals surface area contributed by atoms with Crippen LogP contribution in [0, 0.1) is 18.3 Å². The molecule has 0 radical (unpaired) electrons. The zero-order valence-corrected chi connectivity index (χ0v) is 10.6. The summed E-state index contributed by atoms with van der Waals surface area (Å²) in [6.07, 6.45) is 0. The van der Waals surface area contributed by atoms with Gasteiger partial charge in [-0.1, -0.05) is 29.8 Å². The first-order chi connectivity index (χ1) is 8.69. The van der Waals surface area contributed by atoms with E-state index in [0.717, 1.165) is 5.76 Å². The van der Waals surface area contributed by atoms with E-state index >= 15 is 0 Å². The molecule has 0 spiro atoms. The number of hydrogen-bond acceptors (Lipinski definition) is 3. The molecule has 0 bridgehead atoms. The van der Waals surface area contributed by atoms with E-state index in [1.807, 2.05) is 12.1 Å². The summed E-state index contributed by atoms with van der Waals surface area (Å²) in [4.78, 5) is 0. The summed E-state index contributed by atoms with van der Waals surface area (Å²) in [6.45, 7) is 4.81. The van der Waals surface area contributed by atoms with E-state index in [-0.39, 0.29) is 6.04 Å². The van der Waals surface area contributed by atoms with Crippen molar-refractivity contribution in [2.24, 2.45) is 0 Å². The topological polar surface area (TPSA) is 49.0 Å². The molecule has 0 saturated heterocycles. The predicted octanol–water partition coefficient (Wildman–Crippen LogP) is 3.31. The van der Waals surface area contributed by atoms with E-state index < -0.39 is 0 Å². The molecule has 2 rings (SSSR count). The van der Waals surface area contributed by atoms with Crippen LogP contribution in [0.5, 0.6) is 0 Å². The zero-order chi connectivity index (χ0) is 13.0. The highest BCUT2D eigenvalue weighted by atomic mass is 16.3. The van der Waals surface area contributed by atoms with E-state index in [1.165, 1.54) is 11.1 Å². The highest BCUT2D eigenvalue weighted by Gasteiger charge is 2.06. The van der Waals surface area contributed by atoms with Gasteiger partial charge >= 0.3 is 0 Å². The van der Waals surface area contributed by atoms with Crippen LogP contribution in [0.3, 0.4) is 0 Å². The molecule has 3 nitrogen and oxygen atoms in total. The Morgan fingerprint density at radius 2 is 1.94 bits per heavy atom. The van der Waals surface area contributed by atoms with E-state index in [1.54, 1.807) is 6.07 Å². The Kier molecular flexibility index (Phi) is 3.81. The summed E-state index contributed by atoms with van der Waals surface area (Å²) >= 11 is 0. The van der Waals surface area contributed by atoms with Gasteiger partial charge in [-0.15, -0.1) is 0 Å². The van der Waals surface area contributed by atoms with Crippen LogP contribution < -0.4 is 5.32 Å². The van der Waals surface area contributed by atoms with Crippen molar-refractivity contribution in [1.29, 1.82) is 5.26 Å². The molecule has 1 atom stereocenters. The quantitative estimate of drug-likeness (QED) is 0.891. The summed E-state index contributed by atoms with van der Waals surface area (Å²) in [5.74, 6) is 1.14. The van der Waals surface area contributed by atoms with Crippen molar-refractivity contribution in [3.63, 3.8) is 0 Å². The fourth-order valence-electron chi connectivity index (χ4n) is 1.76. The molecule has 0 fully saturated rings. The maximum Gasteiger partial charge on any atom is 0.203 e. The number of hydrogen-bond donors (Lipinski definition) is 1. The van der Waals surface area contributed by atoms with Gasteiger partial charge in [0.05, 0.1) is 6.54 Å². The summed E-state index contributed by atoms with van der Waals surface area (Å²) in [5.41, 5.74) is 2.50. The maximum atomic E-state index is 8.67. The second kappa shape index (κ2) is 5.52. The van der Waals surface area contributed by atoms with Crippen LogP contribution in [0.25, 0.3) is 0 Å². The third-order valence-electron chi connectivity index (χ3n) is 2.93. The van der Waals surface area contributed by atoms with Crippen molar-refractivity contribution >= 4 is 0 Å². The largest absolute Gasteiger partial charge is 0.449 e. The average Bonchev–Trinajstić information content (AvgIpc) is 2.85. The molecule has 1 unspecified atom stereocenters. The number of aryl methyl sites for hydroxylation is 1. The van der Waals surface area contributed by atoms with Crippen LogP contribution in [-0.4, -0.2) is 0 Å². The lowest BCUT2D eigenvalue weighted by Gasteiger charge is -2.13. The Morgan fingerprint density at radius 3 is 2.56 bits per heavy atom. The van der Waals surface area contributed by atoms with Gasteiger partial charge in [-0.05, 0) is 31.5 Å². The Morgan fingerprint density at radius 1 is 1.22 bits per heavy atom. The number of nitrogens with zero attached hydrogens (tertiary/aromatic N) is 1. The highest BCUT2D eigenvalue weighted by molar-refractivity contribution is 5.24. The second-order valence-electron chi connectivity index (χ2n) is 4.39. The molecule has 92 valence electrons. The molecular weight excluding hydrogens is 224 g/mol. The number of nitrogens with one attached hydrogen (secondary N) is 1. The van der Waals surface area contributed by atoms with Crippen molar-refractivity contribution in [1.82, 2.24) is 5.32 Å². The first kappa shape index (κ1) is 12.4. The Hall–Kier alpha value is -2.05. The minimum absolute atomic E-state index is 0.251. The molecule has 1 heterocycles. The van der Waals surface area contributed by atoms with Crippen LogP contribution in [0.15, 0.2) is 40.8 Å². The Balaban J connectivity index is 1.94. The monoisotopic (exact) mass is 240 g/mol. The third-order valence-corrected chi connectivity index (χ3v) is 2.93. The smallest absolute Gasteiger partial charge is 0.203 e. The molecular formula is C15H16N2O. The molecule has 1 aromatic carbocycles. The van der Waals surface area contributed by atoms with Gasteiger partial charge in [0.1, 0.15) is 11.8 Å². The molecule has 0 saturated carbocycles. The number of benzene rings is 1. The molecule has 0 aliphatic rings. The molecule has 0 aliphatic carbocycles. The first-order valence-corrected chi connectivity index (χ1v) is 5.98. The molecule has 1 aromatic heterocycles. The number of rotatable bonds is 4. The van der Waals surface area contributed by atoms with Crippen LogP contribution in [-0.2, 0) is 6.54 Å². The Bertz CT molecular complexity index is 549. The van der Waals surface area contributed by atoms with E-state index in [2.05, 4.69) is 43.4 Å². The van der Waals surface area contributed by atoms with Crippen molar-refractivity contribution in [3.8, 4) is 6.07 Å². The summed E-state index contributed by atoms with van der Waals surface area (Å²) in [6, 6.07) is 14.2. The second-order valence-corrected chi connectivity index (χ2v) is 4.39. The van der Waals surface area contributed by atoms with E-state index in [9.17, 15) is 0 Å². The first-order valence-electron chi connectivity index (χ1n) is 5.98. The van der Waals surface area contributed by atoms with Gasteiger partial charge in [0, 0.05) is 6.04 Å². The van der Waals surface area contributed by atoms with Crippen molar-refractivity contribution in [2.75, 3.05) is 0 Å². The number of nitriles is 1. The fraction of sp³-hybridized carbons (Fsp3) is 0.267. The minimum atomic E-state index is 0.251. The van der Waals surface area contributed by atoms with Gasteiger partial charge in [0.25, 0.3) is 0 Å². The molecule has 3 heteroatoms. The van der Waals surface area contributed by atoms with Crippen LogP contribution in [0.4, 0.5) is 0 Å². The van der Waals surface area contributed by atoms with Gasteiger partial charge in [-0.2, -0.15) is 5.26 Å². The minimum Gasteiger partial charge on any atom is -0.449 e. The lowest BCUT2D eigenvalue weighted by Crippen LogP contribution is -2.17. The third kappa shape index (κ3) is 2.99. The molecule has 1 N–H and O–H groups in total. The summed E-state index contributed by atoms with van der Waals surface area (Å²) in [5, 5.41) is 12.0. The van der Waals surface area contributed by atoms with Gasteiger partial charge in [0.2, 0.25) is 5.76 Å². The van der Waals surface area contributed by atoms with Gasteiger partial charge in [0.15, 0.2) is 0 Å². The standard InChI is InChI=1S/C15H16N2O/c1-11-3-5-13(6-4-11)12(2)17-10-15-8-7-14(9-16)18-15/h3-8,12,17H,10H2,1-2H3. The normalized spacial score (nSPS) is 12.1. The molecule has 2 aromatic rings. The maximum absolute atomic E-state index is 8.67. The van der Waals surface area contributed by atoms with Crippen LogP contribution in [0.1, 0.15) is 35.6 Å². The van der Waals surface area contributed by atoms with Crippen LogP contribution >= 0.6 is 0 Å². The summed E-state index contributed by atoms with van der Waals surface area (Å²) in [7, 11) is 0. The average molecular weight is 240 g/mol. The lowest BCUT2D eigenvalue weighted by atomic mass is 10.1. The van der Waals surface area contributed by atoms with E-state index in [4.69, 9.17) is 9.68 Å². The number of furan rings is 1. The lowest BCUT2D eigenvalue weighted by molar-refractivity contribution is 0.453. The highest BCUT2D eigenvalue weighted by Crippen LogP contribution is 2.14. The fourth-order valence-corrected chi connectivity index (χ4v) is 1.76. The van der Waals surface area contributed by atoms with Gasteiger partial charge < -0.3 is 9.73 Å². The molecule has 0 aliphatic heterocycles. The SMILES string of the molecule is Cc1ccc(C(C)NCc2ccc(C#N)o2)cc1. The van der Waals surface area contributed by atoms with Crippen molar-refractivity contribution < 1.29 is 4.42 Å². The van der Waals surface area contributed by atoms with Gasteiger partial charge in [-0.3, -0.25) is 0 Å². The Labute approximate surface area is 107 Å². The zero-order valence-electron chi connectivity index (χ0n) is 10.6. The molecule has 18 heavy (non-hydrogen) atoms.